The molecular formula is C15H21N3O5S. The van der Waals surface area contributed by atoms with Crippen LogP contribution in [0, 0.1) is 13.8 Å². The monoisotopic (exact) mass is 355 g/mol. The van der Waals surface area contributed by atoms with Crippen molar-refractivity contribution in [2.45, 2.75) is 26.3 Å². The van der Waals surface area contributed by atoms with Crippen molar-refractivity contribution in [1.82, 2.24) is 15.1 Å². The molecule has 0 unspecified atom stereocenters. The lowest BCUT2D eigenvalue weighted by Gasteiger charge is -2.10. The van der Waals surface area contributed by atoms with Gasteiger partial charge in [0.05, 0.1) is 17.2 Å². The number of esters is 1. The van der Waals surface area contributed by atoms with Gasteiger partial charge in [-0.1, -0.05) is 0 Å². The first kappa shape index (κ1) is 18.2. The lowest BCUT2D eigenvalue weighted by atomic mass is 10.2. The fourth-order valence-electron chi connectivity index (χ4n) is 2.55. The molecule has 1 atom stereocenters. The number of hydrogen-bond donors (Lipinski definition) is 1. The van der Waals surface area contributed by atoms with Crippen LogP contribution in [0.4, 0.5) is 0 Å². The van der Waals surface area contributed by atoms with E-state index >= 15 is 0 Å². The van der Waals surface area contributed by atoms with E-state index in [9.17, 15) is 18.0 Å². The highest BCUT2D eigenvalue weighted by molar-refractivity contribution is 7.91. The summed E-state index contributed by atoms with van der Waals surface area (Å²) in [6.45, 7) is 3.28. The first-order valence-electron chi connectivity index (χ1n) is 7.53. The van der Waals surface area contributed by atoms with E-state index in [1.165, 1.54) is 6.08 Å². The van der Waals surface area contributed by atoms with Gasteiger partial charge in [0.25, 0.3) is 5.91 Å². The van der Waals surface area contributed by atoms with E-state index in [1.54, 1.807) is 10.8 Å². The summed E-state index contributed by atoms with van der Waals surface area (Å²) in [5, 5.41) is 6.78. The molecule has 1 amide bonds. The van der Waals surface area contributed by atoms with E-state index in [-0.39, 0.29) is 11.5 Å². The van der Waals surface area contributed by atoms with Crippen LogP contribution in [-0.2, 0) is 31.2 Å². The topological polar surface area (TPSA) is 107 Å². The quantitative estimate of drug-likeness (QED) is 0.584. The lowest BCUT2D eigenvalue weighted by Crippen LogP contribution is -2.38. The predicted molar refractivity (Wildman–Crippen MR) is 87.9 cm³/mol. The number of ether oxygens (including phenoxy) is 1. The van der Waals surface area contributed by atoms with Gasteiger partial charge in [-0.2, -0.15) is 5.10 Å². The third-order valence-electron chi connectivity index (χ3n) is 3.89. The van der Waals surface area contributed by atoms with Crippen LogP contribution in [0.1, 0.15) is 23.4 Å². The number of carbonyl (C=O) groups is 2. The molecule has 0 bridgehead atoms. The Morgan fingerprint density at radius 1 is 1.42 bits per heavy atom. The summed E-state index contributed by atoms with van der Waals surface area (Å²) in [5.41, 5.74) is 2.53. The first-order chi connectivity index (χ1) is 11.2. The molecule has 0 aromatic carbocycles. The van der Waals surface area contributed by atoms with Crippen molar-refractivity contribution >= 4 is 27.8 Å². The first-order valence-corrected chi connectivity index (χ1v) is 9.35. The Balaban J connectivity index is 1.80. The summed E-state index contributed by atoms with van der Waals surface area (Å²) in [7, 11) is -1.25. The van der Waals surface area contributed by atoms with Crippen molar-refractivity contribution < 1.29 is 22.7 Å². The standard InChI is InChI=1S/C15H21N3O5S/c1-10-13(11(2)18(3)17-10)4-5-15(20)23-8-14(19)16-12-6-7-24(21,22)9-12/h4-5,12H,6-9H2,1-3H3,(H,16,19)/b5-4+/t12-/m1/s1. The largest absolute Gasteiger partial charge is 0.452 e. The van der Waals surface area contributed by atoms with Gasteiger partial charge in [-0.3, -0.25) is 9.48 Å². The highest BCUT2D eigenvalue weighted by atomic mass is 32.2. The molecule has 1 fully saturated rings. The molecule has 0 aliphatic carbocycles. The van der Waals surface area contributed by atoms with Gasteiger partial charge < -0.3 is 10.1 Å². The number of nitrogens with zero attached hydrogens (tertiary/aromatic N) is 2. The van der Waals surface area contributed by atoms with E-state index in [1.807, 2.05) is 20.9 Å². The summed E-state index contributed by atoms with van der Waals surface area (Å²) in [6, 6.07) is -0.405. The summed E-state index contributed by atoms with van der Waals surface area (Å²) >= 11 is 0. The highest BCUT2D eigenvalue weighted by Crippen LogP contribution is 2.13. The minimum atomic E-state index is -3.06. The second kappa shape index (κ2) is 7.16. The average Bonchev–Trinajstić information content (AvgIpc) is 2.94. The van der Waals surface area contributed by atoms with Gasteiger partial charge in [-0.05, 0) is 26.3 Å². The fraction of sp³-hybridized carbons (Fsp3) is 0.533. The zero-order chi connectivity index (χ0) is 17.9. The van der Waals surface area contributed by atoms with Crippen molar-refractivity contribution in [2.75, 3.05) is 18.1 Å². The molecule has 0 saturated carbocycles. The van der Waals surface area contributed by atoms with Crippen LogP contribution in [0.25, 0.3) is 6.08 Å². The zero-order valence-electron chi connectivity index (χ0n) is 13.9. The van der Waals surface area contributed by atoms with Crippen LogP contribution in [0.5, 0.6) is 0 Å². The van der Waals surface area contributed by atoms with Gasteiger partial charge in [0.15, 0.2) is 16.4 Å². The predicted octanol–water partition coefficient (Wildman–Crippen LogP) is -0.103. The van der Waals surface area contributed by atoms with Gasteiger partial charge in [0.1, 0.15) is 0 Å². The van der Waals surface area contributed by atoms with Crippen LogP contribution >= 0.6 is 0 Å². The van der Waals surface area contributed by atoms with Gasteiger partial charge in [0.2, 0.25) is 0 Å². The van der Waals surface area contributed by atoms with Gasteiger partial charge in [0, 0.05) is 30.4 Å². The molecule has 132 valence electrons. The SMILES string of the molecule is Cc1nn(C)c(C)c1/C=C/C(=O)OCC(=O)N[C@@H]1CCS(=O)(=O)C1. The Morgan fingerprint density at radius 2 is 2.12 bits per heavy atom. The maximum absolute atomic E-state index is 11.7. The molecule has 0 spiro atoms. The van der Waals surface area contributed by atoms with Crippen molar-refractivity contribution in [3.63, 3.8) is 0 Å². The molecule has 24 heavy (non-hydrogen) atoms. The van der Waals surface area contributed by atoms with E-state index in [2.05, 4.69) is 10.4 Å². The van der Waals surface area contributed by atoms with E-state index in [0.717, 1.165) is 17.0 Å². The van der Waals surface area contributed by atoms with Crippen molar-refractivity contribution in [1.29, 1.82) is 0 Å². The fourth-order valence-corrected chi connectivity index (χ4v) is 4.22. The number of nitrogens with one attached hydrogen (secondary N) is 1. The van der Waals surface area contributed by atoms with Gasteiger partial charge in [-0.15, -0.1) is 0 Å². The Hall–Kier alpha value is -2.16. The molecule has 9 heteroatoms. The van der Waals surface area contributed by atoms with Crippen molar-refractivity contribution in [2.24, 2.45) is 7.05 Å². The Morgan fingerprint density at radius 3 is 2.67 bits per heavy atom. The summed E-state index contributed by atoms with van der Waals surface area (Å²) in [6.07, 6.45) is 3.23. The van der Waals surface area contributed by atoms with E-state index in [4.69, 9.17) is 4.74 Å². The lowest BCUT2D eigenvalue weighted by molar-refractivity contribution is -0.143. The minimum absolute atomic E-state index is 0.0633. The maximum atomic E-state index is 11.7. The number of aryl methyl sites for hydroxylation is 2. The Kier molecular flexibility index (Phi) is 5.43. The molecular weight excluding hydrogens is 334 g/mol. The number of amides is 1. The number of carbonyl (C=O) groups excluding carboxylic acids is 2. The summed E-state index contributed by atoms with van der Waals surface area (Å²) in [5.74, 6) is -1.14. The Bertz CT molecular complexity index is 779. The molecule has 1 saturated heterocycles. The third kappa shape index (κ3) is 4.67. The second-order valence-corrected chi connectivity index (χ2v) is 8.05. The highest BCUT2D eigenvalue weighted by Gasteiger charge is 2.28. The van der Waals surface area contributed by atoms with Crippen molar-refractivity contribution in [3.05, 3.63) is 23.0 Å². The molecule has 0 radical (unpaired) electrons. The molecule has 1 aliphatic rings. The van der Waals surface area contributed by atoms with Crippen LogP contribution in [0.3, 0.4) is 0 Å². The maximum Gasteiger partial charge on any atom is 0.331 e. The minimum Gasteiger partial charge on any atom is -0.452 e. The number of hydrogen-bond acceptors (Lipinski definition) is 6. The van der Waals surface area contributed by atoms with Gasteiger partial charge in [-0.25, -0.2) is 13.2 Å². The Labute approximate surface area is 140 Å². The number of aromatic nitrogens is 2. The molecule has 2 heterocycles. The molecule has 2 rings (SSSR count). The van der Waals surface area contributed by atoms with Crippen LogP contribution < -0.4 is 5.32 Å². The van der Waals surface area contributed by atoms with E-state index in [0.29, 0.717) is 6.42 Å². The van der Waals surface area contributed by atoms with Crippen LogP contribution in [-0.4, -0.2) is 54.2 Å². The molecule has 1 aromatic heterocycles. The average molecular weight is 355 g/mol. The molecule has 1 aliphatic heterocycles. The second-order valence-electron chi connectivity index (χ2n) is 5.82. The molecule has 1 aromatic rings. The number of sulfone groups is 1. The van der Waals surface area contributed by atoms with Crippen LogP contribution in [0.15, 0.2) is 6.08 Å². The summed E-state index contributed by atoms with van der Waals surface area (Å²) in [4.78, 5) is 23.4. The molecule has 1 N–H and O–H groups in total. The third-order valence-corrected chi connectivity index (χ3v) is 5.66. The zero-order valence-corrected chi connectivity index (χ0v) is 14.7. The normalized spacial score (nSPS) is 19.5. The smallest absolute Gasteiger partial charge is 0.331 e. The molecule has 8 nitrogen and oxygen atoms in total. The van der Waals surface area contributed by atoms with E-state index < -0.39 is 34.4 Å². The summed E-state index contributed by atoms with van der Waals surface area (Å²) < 4.78 is 29.2. The van der Waals surface area contributed by atoms with Crippen LogP contribution in [0.2, 0.25) is 0 Å². The number of rotatable bonds is 5. The van der Waals surface area contributed by atoms with Crippen molar-refractivity contribution in [3.8, 4) is 0 Å². The van der Waals surface area contributed by atoms with Gasteiger partial charge >= 0.3 is 5.97 Å².